The van der Waals surface area contributed by atoms with Gasteiger partial charge < -0.3 is 10.5 Å². The van der Waals surface area contributed by atoms with Crippen molar-refractivity contribution in [2.75, 3.05) is 12.3 Å². The van der Waals surface area contributed by atoms with E-state index in [0.717, 1.165) is 35.4 Å². The van der Waals surface area contributed by atoms with E-state index in [0.29, 0.717) is 48.4 Å². The number of unbranched alkanes of at least 4 members (excludes halogenated alkanes) is 1. The Morgan fingerprint density at radius 2 is 2.12 bits per heavy atom. The summed E-state index contributed by atoms with van der Waals surface area (Å²) in [6.07, 6.45) is 5.15. The van der Waals surface area contributed by atoms with Crippen molar-refractivity contribution >= 4 is 23.1 Å². The highest BCUT2D eigenvalue weighted by atomic mass is 19.1. The fraction of sp³-hybridized carbons (Fsp3) is 0.308. The van der Waals surface area contributed by atoms with E-state index in [4.69, 9.17) is 15.5 Å². The normalized spacial score (nSPS) is 16.5. The van der Waals surface area contributed by atoms with E-state index in [-0.39, 0.29) is 23.5 Å². The second-order valence-electron chi connectivity index (χ2n) is 8.60. The molecule has 0 aliphatic carbocycles. The number of carbonyl (C=O) groups excluding carboxylic acids is 1. The molecule has 1 unspecified atom stereocenters. The molecule has 5 rings (SSSR count). The van der Waals surface area contributed by atoms with Crippen LogP contribution in [0.1, 0.15) is 47.7 Å². The Hall–Kier alpha value is -3.61. The van der Waals surface area contributed by atoms with Crippen LogP contribution in [0.2, 0.25) is 0 Å². The van der Waals surface area contributed by atoms with Crippen molar-refractivity contribution < 1.29 is 13.9 Å². The summed E-state index contributed by atoms with van der Waals surface area (Å²) in [4.78, 5) is 25.3. The Labute approximate surface area is 191 Å². The first kappa shape index (κ1) is 21.2. The molecule has 2 aromatic carbocycles. The third-order valence-corrected chi connectivity index (χ3v) is 6.28. The SMILES string of the molecule is CCCCC(=O)c1ccc2c(c1)CC(C1=Nc3cc(-c4ccnc(N)n4)cc(F)c3C1)CO2. The van der Waals surface area contributed by atoms with E-state index in [1.54, 1.807) is 12.3 Å². The number of ether oxygens (including phenoxy) is 1. The fourth-order valence-electron chi connectivity index (χ4n) is 4.45. The molecular formula is C26H25FN4O2. The Kier molecular flexibility index (Phi) is 5.62. The molecule has 1 atom stereocenters. The van der Waals surface area contributed by atoms with Gasteiger partial charge in [-0.2, -0.15) is 0 Å². The van der Waals surface area contributed by atoms with Crippen molar-refractivity contribution in [3.8, 4) is 17.0 Å². The average Bonchev–Trinajstić information content (AvgIpc) is 3.27. The first-order valence-electron chi connectivity index (χ1n) is 11.3. The lowest BCUT2D eigenvalue weighted by molar-refractivity contribution is 0.0979. The lowest BCUT2D eigenvalue weighted by Gasteiger charge is -2.26. The molecule has 0 bridgehead atoms. The number of hydrogen-bond acceptors (Lipinski definition) is 6. The lowest BCUT2D eigenvalue weighted by Crippen LogP contribution is -2.28. The molecule has 168 valence electrons. The highest BCUT2D eigenvalue weighted by Crippen LogP contribution is 2.37. The molecule has 0 fully saturated rings. The van der Waals surface area contributed by atoms with Gasteiger partial charge in [0.05, 0.1) is 18.0 Å². The minimum atomic E-state index is -0.306. The second-order valence-corrected chi connectivity index (χ2v) is 8.60. The van der Waals surface area contributed by atoms with Gasteiger partial charge in [0.25, 0.3) is 0 Å². The number of benzene rings is 2. The monoisotopic (exact) mass is 444 g/mol. The quantitative estimate of drug-likeness (QED) is 0.533. The topological polar surface area (TPSA) is 90.5 Å². The second kappa shape index (κ2) is 8.73. The molecule has 0 amide bonds. The molecule has 0 radical (unpaired) electrons. The summed E-state index contributed by atoms with van der Waals surface area (Å²) < 4.78 is 20.9. The zero-order chi connectivity index (χ0) is 22.9. The van der Waals surface area contributed by atoms with Crippen LogP contribution in [0.25, 0.3) is 11.3 Å². The maximum Gasteiger partial charge on any atom is 0.220 e. The van der Waals surface area contributed by atoms with Gasteiger partial charge in [-0.05, 0) is 54.8 Å². The van der Waals surface area contributed by atoms with Gasteiger partial charge in [-0.1, -0.05) is 13.3 Å². The van der Waals surface area contributed by atoms with Crippen molar-refractivity contribution in [2.45, 2.75) is 39.0 Å². The molecule has 3 heterocycles. The van der Waals surface area contributed by atoms with E-state index in [2.05, 4.69) is 16.9 Å². The maximum absolute atomic E-state index is 14.9. The summed E-state index contributed by atoms with van der Waals surface area (Å²) in [6, 6.07) is 10.7. The minimum Gasteiger partial charge on any atom is -0.493 e. The number of Topliss-reactive ketones (excluding diaryl/α,β-unsaturated/α-hetero) is 1. The molecule has 7 heteroatoms. The predicted octanol–water partition coefficient (Wildman–Crippen LogP) is 5.12. The fourth-order valence-corrected chi connectivity index (χ4v) is 4.45. The molecule has 0 spiro atoms. The number of aromatic nitrogens is 2. The third kappa shape index (κ3) is 4.23. The summed E-state index contributed by atoms with van der Waals surface area (Å²) in [7, 11) is 0. The molecule has 6 nitrogen and oxygen atoms in total. The summed E-state index contributed by atoms with van der Waals surface area (Å²) >= 11 is 0. The molecule has 2 aliphatic heterocycles. The van der Waals surface area contributed by atoms with E-state index in [1.165, 1.54) is 6.07 Å². The standard InChI is InChI=1S/C26H25FN4O2/c1-2-3-4-24(32)15-5-6-25-17(9-15)10-18(14-33-25)22-13-19-20(27)11-16(12-23(19)30-22)21-7-8-29-26(28)31-21/h5-9,11-12,18H,2-4,10,13-14H2,1H3,(H2,28,29,31). The lowest BCUT2D eigenvalue weighted by atomic mass is 9.89. The van der Waals surface area contributed by atoms with Gasteiger partial charge in [0.1, 0.15) is 11.6 Å². The summed E-state index contributed by atoms with van der Waals surface area (Å²) in [5, 5.41) is 0. The Balaban J connectivity index is 1.38. The van der Waals surface area contributed by atoms with Gasteiger partial charge in [0.2, 0.25) is 5.95 Å². The first-order valence-corrected chi connectivity index (χ1v) is 11.3. The molecular weight excluding hydrogens is 419 g/mol. The van der Waals surface area contributed by atoms with E-state index in [1.807, 2.05) is 24.3 Å². The number of carbonyl (C=O) groups is 1. The van der Waals surface area contributed by atoms with Crippen molar-refractivity contribution in [1.29, 1.82) is 0 Å². The van der Waals surface area contributed by atoms with Crippen molar-refractivity contribution in [1.82, 2.24) is 9.97 Å². The van der Waals surface area contributed by atoms with Gasteiger partial charge in [0, 0.05) is 47.4 Å². The zero-order valence-corrected chi connectivity index (χ0v) is 18.5. The number of nitrogen functional groups attached to an aromatic ring is 1. The number of anilines is 1. The van der Waals surface area contributed by atoms with Crippen LogP contribution in [-0.2, 0) is 12.8 Å². The van der Waals surface area contributed by atoms with Gasteiger partial charge in [-0.15, -0.1) is 0 Å². The summed E-state index contributed by atoms with van der Waals surface area (Å²) in [6.45, 7) is 2.56. The Bertz CT molecular complexity index is 1270. The van der Waals surface area contributed by atoms with Crippen molar-refractivity contribution in [3.05, 3.63) is 65.1 Å². The van der Waals surface area contributed by atoms with Crippen LogP contribution in [0.4, 0.5) is 16.0 Å². The number of fused-ring (bicyclic) bond motifs is 2. The summed E-state index contributed by atoms with van der Waals surface area (Å²) in [5.74, 6) is 0.836. The maximum atomic E-state index is 14.9. The van der Waals surface area contributed by atoms with Crippen molar-refractivity contribution in [2.24, 2.45) is 10.9 Å². The highest BCUT2D eigenvalue weighted by molar-refractivity contribution is 5.98. The zero-order valence-electron chi connectivity index (χ0n) is 18.5. The van der Waals surface area contributed by atoms with Crippen LogP contribution < -0.4 is 10.5 Å². The van der Waals surface area contributed by atoms with Crippen molar-refractivity contribution in [3.63, 3.8) is 0 Å². The van der Waals surface area contributed by atoms with Gasteiger partial charge in [0.15, 0.2) is 5.78 Å². The number of nitrogens with two attached hydrogens (primary N) is 1. The number of hydrogen-bond donors (Lipinski definition) is 1. The number of aliphatic imine (C=N–C) groups is 1. The molecule has 1 aromatic heterocycles. The predicted molar refractivity (Wildman–Crippen MR) is 126 cm³/mol. The molecule has 0 saturated heterocycles. The number of rotatable bonds is 6. The van der Waals surface area contributed by atoms with Crippen LogP contribution in [-0.4, -0.2) is 28.1 Å². The minimum absolute atomic E-state index is 0.0310. The summed E-state index contributed by atoms with van der Waals surface area (Å²) in [5.41, 5.74) is 10.7. The van der Waals surface area contributed by atoms with Crippen LogP contribution in [0, 0.1) is 11.7 Å². The van der Waals surface area contributed by atoms with Gasteiger partial charge in [-0.25, -0.2) is 14.4 Å². The highest BCUT2D eigenvalue weighted by Gasteiger charge is 2.30. The molecule has 33 heavy (non-hydrogen) atoms. The van der Waals surface area contributed by atoms with Gasteiger partial charge >= 0.3 is 0 Å². The smallest absolute Gasteiger partial charge is 0.220 e. The third-order valence-electron chi connectivity index (χ3n) is 6.28. The van der Waals surface area contributed by atoms with E-state index < -0.39 is 0 Å². The van der Waals surface area contributed by atoms with Crippen LogP contribution in [0.3, 0.4) is 0 Å². The average molecular weight is 445 g/mol. The number of halogens is 1. The van der Waals surface area contributed by atoms with Crippen LogP contribution in [0.5, 0.6) is 5.75 Å². The largest absolute Gasteiger partial charge is 0.493 e. The van der Waals surface area contributed by atoms with Crippen LogP contribution >= 0.6 is 0 Å². The molecule has 3 aromatic rings. The van der Waals surface area contributed by atoms with E-state index >= 15 is 0 Å². The molecule has 2 aliphatic rings. The Morgan fingerprint density at radius 3 is 2.94 bits per heavy atom. The molecule has 0 saturated carbocycles. The first-order chi connectivity index (χ1) is 16.0. The molecule has 2 N–H and O–H groups in total. The Morgan fingerprint density at radius 1 is 1.24 bits per heavy atom. The van der Waals surface area contributed by atoms with E-state index in [9.17, 15) is 9.18 Å². The van der Waals surface area contributed by atoms with Gasteiger partial charge in [-0.3, -0.25) is 9.79 Å². The number of nitrogens with zero attached hydrogens (tertiary/aromatic N) is 3. The number of ketones is 1. The van der Waals surface area contributed by atoms with Crippen LogP contribution in [0.15, 0.2) is 47.6 Å².